The first-order chi connectivity index (χ1) is 13.4. The lowest BCUT2D eigenvalue weighted by Crippen LogP contribution is -2.56. The van der Waals surface area contributed by atoms with Crippen molar-refractivity contribution >= 4 is 11.8 Å². The summed E-state index contributed by atoms with van der Waals surface area (Å²) in [6.07, 6.45) is 0.0494. The van der Waals surface area contributed by atoms with Crippen LogP contribution in [-0.4, -0.2) is 45.8 Å². The molecule has 148 valence electrons. The zero-order chi connectivity index (χ0) is 20.1. The van der Waals surface area contributed by atoms with E-state index in [2.05, 4.69) is 20.6 Å². The van der Waals surface area contributed by atoms with E-state index in [0.717, 1.165) is 11.1 Å². The standard InChI is InChI=1S/C20H25N5O3/c1-13-5-3-4-6-15(13)12-25-8-7-21-20(28)16(25)10-18(26)22-11-17-23-14(2)9-19(27)24-17/h3-6,9,16H,7-8,10-12H2,1-2H3,(H,21,28)(H,22,26)(H,23,24,27)/t16-/m1/s1. The topological polar surface area (TPSA) is 107 Å². The number of rotatable bonds is 6. The number of H-pyrrole nitrogens is 1. The Morgan fingerprint density at radius 2 is 2.07 bits per heavy atom. The molecule has 1 fully saturated rings. The fraction of sp³-hybridized carbons (Fsp3) is 0.400. The number of piperazine rings is 1. The number of nitrogens with zero attached hydrogens (tertiary/aromatic N) is 2. The molecule has 1 atom stereocenters. The Balaban J connectivity index is 1.63. The van der Waals surface area contributed by atoms with Crippen LogP contribution < -0.4 is 16.2 Å². The molecule has 3 rings (SSSR count). The second kappa shape index (κ2) is 8.79. The summed E-state index contributed by atoms with van der Waals surface area (Å²) in [7, 11) is 0. The zero-order valence-corrected chi connectivity index (χ0v) is 16.1. The molecule has 0 radical (unpaired) electrons. The van der Waals surface area contributed by atoms with Gasteiger partial charge in [-0.25, -0.2) is 4.98 Å². The summed E-state index contributed by atoms with van der Waals surface area (Å²) in [4.78, 5) is 45.1. The summed E-state index contributed by atoms with van der Waals surface area (Å²) in [5.41, 5.74) is 2.63. The lowest BCUT2D eigenvalue weighted by molar-refractivity contribution is -0.134. The van der Waals surface area contributed by atoms with Crippen molar-refractivity contribution in [3.05, 3.63) is 63.3 Å². The number of nitrogens with one attached hydrogen (secondary N) is 3. The van der Waals surface area contributed by atoms with E-state index in [-0.39, 0.29) is 30.3 Å². The quantitative estimate of drug-likeness (QED) is 0.669. The minimum Gasteiger partial charge on any atom is -0.353 e. The predicted octanol–water partition coefficient (Wildman–Crippen LogP) is 0.394. The third-order valence-electron chi connectivity index (χ3n) is 4.83. The molecule has 8 heteroatoms. The number of aromatic amines is 1. The second-order valence-electron chi connectivity index (χ2n) is 7.02. The first kappa shape index (κ1) is 19.8. The van der Waals surface area contributed by atoms with E-state index in [9.17, 15) is 14.4 Å². The molecule has 0 bridgehead atoms. The molecule has 0 saturated carbocycles. The average Bonchev–Trinajstić information content (AvgIpc) is 2.64. The van der Waals surface area contributed by atoms with Crippen LogP contribution >= 0.6 is 0 Å². The number of amides is 2. The van der Waals surface area contributed by atoms with E-state index in [1.54, 1.807) is 6.92 Å². The van der Waals surface area contributed by atoms with Crippen LogP contribution in [-0.2, 0) is 22.7 Å². The maximum atomic E-state index is 12.4. The van der Waals surface area contributed by atoms with Gasteiger partial charge in [0.05, 0.1) is 19.0 Å². The molecule has 8 nitrogen and oxygen atoms in total. The summed E-state index contributed by atoms with van der Waals surface area (Å²) in [6, 6.07) is 8.90. The van der Waals surface area contributed by atoms with Crippen molar-refractivity contribution in [3.8, 4) is 0 Å². The van der Waals surface area contributed by atoms with E-state index >= 15 is 0 Å². The molecule has 3 N–H and O–H groups in total. The molecular weight excluding hydrogens is 358 g/mol. The first-order valence-electron chi connectivity index (χ1n) is 9.32. The predicted molar refractivity (Wildman–Crippen MR) is 104 cm³/mol. The molecule has 0 unspecified atom stereocenters. The van der Waals surface area contributed by atoms with Crippen LogP contribution in [0.1, 0.15) is 29.1 Å². The van der Waals surface area contributed by atoms with Gasteiger partial charge >= 0.3 is 0 Å². The molecule has 1 aliphatic rings. The minimum atomic E-state index is -0.530. The molecule has 1 aliphatic heterocycles. The zero-order valence-electron chi connectivity index (χ0n) is 16.1. The van der Waals surface area contributed by atoms with E-state index in [1.807, 2.05) is 36.1 Å². The molecule has 0 spiro atoms. The van der Waals surface area contributed by atoms with Gasteiger partial charge in [0.2, 0.25) is 11.8 Å². The van der Waals surface area contributed by atoms with E-state index in [1.165, 1.54) is 6.07 Å². The number of hydrogen-bond acceptors (Lipinski definition) is 5. The van der Waals surface area contributed by atoms with E-state index in [0.29, 0.717) is 31.2 Å². The summed E-state index contributed by atoms with van der Waals surface area (Å²) in [5.74, 6) is -0.0127. The van der Waals surface area contributed by atoms with E-state index < -0.39 is 6.04 Å². The highest BCUT2D eigenvalue weighted by Gasteiger charge is 2.31. The first-order valence-corrected chi connectivity index (χ1v) is 9.32. The van der Waals surface area contributed by atoms with Crippen molar-refractivity contribution in [2.24, 2.45) is 0 Å². The van der Waals surface area contributed by atoms with Crippen LogP contribution in [0.15, 0.2) is 35.1 Å². The molecule has 1 aromatic carbocycles. The third kappa shape index (κ3) is 5.04. The highest BCUT2D eigenvalue weighted by atomic mass is 16.2. The number of carbonyl (C=O) groups is 2. The number of aryl methyl sites for hydroxylation is 2. The third-order valence-corrected chi connectivity index (χ3v) is 4.83. The van der Waals surface area contributed by atoms with Crippen LogP contribution in [0.4, 0.5) is 0 Å². The maximum Gasteiger partial charge on any atom is 0.251 e. The Bertz CT molecular complexity index is 924. The highest BCUT2D eigenvalue weighted by Crippen LogP contribution is 2.16. The minimum absolute atomic E-state index is 0.0494. The molecule has 0 aliphatic carbocycles. The van der Waals surface area contributed by atoms with Gasteiger partial charge in [-0.05, 0) is 25.0 Å². The van der Waals surface area contributed by atoms with Crippen molar-refractivity contribution < 1.29 is 9.59 Å². The van der Waals surface area contributed by atoms with Crippen molar-refractivity contribution in [2.75, 3.05) is 13.1 Å². The van der Waals surface area contributed by atoms with Crippen LogP contribution in [0, 0.1) is 13.8 Å². The van der Waals surface area contributed by atoms with Gasteiger partial charge in [-0.2, -0.15) is 0 Å². The lowest BCUT2D eigenvalue weighted by atomic mass is 10.0. The van der Waals surface area contributed by atoms with Crippen LogP contribution in [0.25, 0.3) is 0 Å². The summed E-state index contributed by atoms with van der Waals surface area (Å²) >= 11 is 0. The smallest absolute Gasteiger partial charge is 0.251 e. The number of hydrogen-bond donors (Lipinski definition) is 3. The normalized spacial score (nSPS) is 17.2. The maximum absolute atomic E-state index is 12.4. The Hall–Kier alpha value is -3.00. The number of carbonyl (C=O) groups excluding carboxylic acids is 2. The largest absolute Gasteiger partial charge is 0.353 e. The van der Waals surface area contributed by atoms with Crippen LogP contribution in [0.3, 0.4) is 0 Å². The molecule has 28 heavy (non-hydrogen) atoms. The van der Waals surface area contributed by atoms with Gasteiger partial charge in [-0.1, -0.05) is 24.3 Å². The molecule has 1 aromatic heterocycles. The van der Waals surface area contributed by atoms with Gasteiger partial charge in [0.1, 0.15) is 5.82 Å². The van der Waals surface area contributed by atoms with Crippen LogP contribution in [0.2, 0.25) is 0 Å². The number of aromatic nitrogens is 2. The van der Waals surface area contributed by atoms with Crippen molar-refractivity contribution in [1.82, 2.24) is 25.5 Å². The monoisotopic (exact) mass is 383 g/mol. The van der Waals surface area contributed by atoms with Gasteiger partial charge in [-0.15, -0.1) is 0 Å². The molecule has 2 amide bonds. The van der Waals surface area contributed by atoms with Gasteiger partial charge in [-0.3, -0.25) is 19.3 Å². The van der Waals surface area contributed by atoms with E-state index in [4.69, 9.17) is 0 Å². The van der Waals surface area contributed by atoms with Crippen molar-refractivity contribution in [1.29, 1.82) is 0 Å². The molecule has 2 heterocycles. The van der Waals surface area contributed by atoms with Gasteiger partial charge in [0.15, 0.2) is 0 Å². The SMILES string of the molecule is Cc1cc(=O)[nH]c(CNC(=O)C[C@@H]2C(=O)NCCN2Cc2ccccc2C)n1. The second-order valence-corrected chi connectivity index (χ2v) is 7.02. The number of benzene rings is 1. The van der Waals surface area contributed by atoms with Crippen molar-refractivity contribution in [3.63, 3.8) is 0 Å². The average molecular weight is 383 g/mol. The lowest BCUT2D eigenvalue weighted by Gasteiger charge is -2.35. The highest BCUT2D eigenvalue weighted by molar-refractivity contribution is 5.88. The summed E-state index contributed by atoms with van der Waals surface area (Å²) in [6.45, 7) is 5.74. The van der Waals surface area contributed by atoms with Crippen LogP contribution in [0.5, 0.6) is 0 Å². The Labute approximate surface area is 163 Å². The van der Waals surface area contributed by atoms with Gasteiger partial charge < -0.3 is 15.6 Å². The summed E-state index contributed by atoms with van der Waals surface area (Å²) < 4.78 is 0. The van der Waals surface area contributed by atoms with Gasteiger partial charge in [0, 0.05) is 31.4 Å². The fourth-order valence-electron chi connectivity index (χ4n) is 3.33. The fourth-order valence-corrected chi connectivity index (χ4v) is 3.33. The molecular formula is C20H25N5O3. The Morgan fingerprint density at radius 3 is 2.82 bits per heavy atom. The van der Waals surface area contributed by atoms with Crippen molar-refractivity contribution in [2.45, 2.75) is 39.4 Å². The Morgan fingerprint density at radius 1 is 1.29 bits per heavy atom. The molecule has 2 aromatic rings. The summed E-state index contributed by atoms with van der Waals surface area (Å²) in [5, 5.41) is 5.57. The van der Waals surface area contributed by atoms with Gasteiger partial charge in [0.25, 0.3) is 5.56 Å². The molecule has 1 saturated heterocycles. The Kier molecular flexibility index (Phi) is 6.20.